The normalized spacial score (nSPS) is 17.4. The second-order valence-corrected chi connectivity index (χ2v) is 7.61. The van der Waals surface area contributed by atoms with Gasteiger partial charge in [0.2, 0.25) is 5.54 Å². The molecule has 2 aromatic carbocycles. The van der Waals surface area contributed by atoms with E-state index in [1.54, 1.807) is 11.1 Å². The zero-order chi connectivity index (χ0) is 25.5. The molecular weight excluding hydrogens is 461 g/mol. The topological polar surface area (TPSA) is 109 Å². The Balaban J connectivity index is 0.000000429. The lowest BCUT2D eigenvalue weighted by Crippen LogP contribution is -2.44. The molecule has 0 spiro atoms. The van der Waals surface area contributed by atoms with Gasteiger partial charge in [0.25, 0.3) is 5.91 Å². The van der Waals surface area contributed by atoms with Crippen molar-refractivity contribution in [2.24, 2.45) is 10.7 Å². The zero-order valence-corrected chi connectivity index (χ0v) is 18.5. The van der Waals surface area contributed by atoms with E-state index in [1.807, 2.05) is 66.7 Å². The minimum Gasteiger partial charge on any atom is -0.475 e. The van der Waals surface area contributed by atoms with E-state index in [0.717, 1.165) is 18.4 Å². The highest BCUT2D eigenvalue weighted by atomic mass is 19.4. The molecule has 10 heteroatoms. The van der Waals surface area contributed by atoms with Crippen molar-refractivity contribution in [3.05, 3.63) is 102 Å². The summed E-state index contributed by atoms with van der Waals surface area (Å²) in [7, 11) is 0. The van der Waals surface area contributed by atoms with Gasteiger partial charge >= 0.3 is 12.1 Å². The lowest BCUT2D eigenvalue weighted by atomic mass is 9.86. The quantitative estimate of drug-likeness (QED) is 0.554. The molecule has 3 aromatic rings. The van der Waals surface area contributed by atoms with Gasteiger partial charge in [0.05, 0.1) is 5.69 Å². The van der Waals surface area contributed by atoms with Crippen molar-refractivity contribution in [1.82, 2.24) is 9.88 Å². The summed E-state index contributed by atoms with van der Waals surface area (Å²) in [6.07, 6.45) is -1.73. The zero-order valence-electron chi connectivity index (χ0n) is 18.5. The fourth-order valence-corrected chi connectivity index (χ4v) is 3.64. The van der Waals surface area contributed by atoms with Crippen LogP contribution in [-0.2, 0) is 21.5 Å². The second-order valence-electron chi connectivity index (χ2n) is 7.61. The smallest absolute Gasteiger partial charge is 0.475 e. The highest BCUT2D eigenvalue weighted by molar-refractivity contribution is 6.08. The van der Waals surface area contributed by atoms with Gasteiger partial charge in [0.15, 0.2) is 5.96 Å². The van der Waals surface area contributed by atoms with E-state index in [-0.39, 0.29) is 11.9 Å². The number of hydrogen-bond acceptors (Lipinski definition) is 5. The van der Waals surface area contributed by atoms with E-state index in [2.05, 4.69) is 22.1 Å². The molecule has 0 fully saturated rings. The van der Waals surface area contributed by atoms with Gasteiger partial charge in [-0.15, -0.1) is 0 Å². The van der Waals surface area contributed by atoms with Crippen molar-refractivity contribution in [2.45, 2.75) is 24.6 Å². The number of pyridine rings is 1. The Bertz CT molecular complexity index is 1130. The maximum atomic E-state index is 13.6. The number of aromatic nitrogens is 1. The van der Waals surface area contributed by atoms with Gasteiger partial charge in [-0.3, -0.25) is 14.7 Å². The number of halogens is 3. The van der Waals surface area contributed by atoms with Crippen molar-refractivity contribution in [2.75, 3.05) is 6.54 Å². The fraction of sp³-hybridized carbons (Fsp3) is 0.200. The molecule has 3 N–H and O–H groups in total. The number of aliphatic carboxylic acids is 1. The number of carbonyl (C=O) groups excluding carboxylic acids is 1. The van der Waals surface area contributed by atoms with Crippen LogP contribution >= 0.6 is 0 Å². The first-order valence-electron chi connectivity index (χ1n) is 10.6. The lowest BCUT2D eigenvalue weighted by Gasteiger charge is -2.26. The Morgan fingerprint density at radius 1 is 0.971 bits per heavy atom. The molecule has 0 bridgehead atoms. The first-order valence-corrected chi connectivity index (χ1v) is 10.6. The van der Waals surface area contributed by atoms with Crippen LogP contribution in [0.25, 0.3) is 0 Å². The fourth-order valence-electron chi connectivity index (χ4n) is 3.64. The number of alkyl halides is 3. The third-order valence-electron chi connectivity index (χ3n) is 5.27. The van der Waals surface area contributed by atoms with E-state index < -0.39 is 17.7 Å². The summed E-state index contributed by atoms with van der Waals surface area (Å²) in [6, 6.07) is 25.3. The van der Waals surface area contributed by atoms with Gasteiger partial charge in [-0.1, -0.05) is 66.7 Å². The molecule has 0 saturated carbocycles. The van der Waals surface area contributed by atoms with Crippen LogP contribution in [-0.4, -0.2) is 45.5 Å². The van der Waals surface area contributed by atoms with Gasteiger partial charge in [-0.2, -0.15) is 13.2 Å². The average molecular weight is 484 g/mol. The summed E-state index contributed by atoms with van der Waals surface area (Å²) < 4.78 is 31.7. The number of aliphatic imine (C=N–C) groups is 1. The van der Waals surface area contributed by atoms with Crippen molar-refractivity contribution in [3.63, 3.8) is 0 Å². The number of rotatable bonds is 6. The SMILES string of the molecule is NC1=NC(c2ccccc2)(c2ccccn2)C(=O)N1CCCc1ccccc1.O=C(O)C(F)(F)F. The number of benzene rings is 2. The molecule has 0 aliphatic carbocycles. The molecule has 1 aromatic heterocycles. The maximum absolute atomic E-state index is 13.6. The van der Waals surface area contributed by atoms with E-state index >= 15 is 0 Å². The van der Waals surface area contributed by atoms with Gasteiger partial charge in [0, 0.05) is 12.7 Å². The molecule has 0 saturated heterocycles. The van der Waals surface area contributed by atoms with Crippen molar-refractivity contribution in [3.8, 4) is 0 Å². The second kappa shape index (κ2) is 10.8. The molecule has 1 atom stereocenters. The minimum atomic E-state index is -5.08. The molecule has 4 rings (SSSR count). The molecule has 35 heavy (non-hydrogen) atoms. The van der Waals surface area contributed by atoms with Crippen LogP contribution in [0.3, 0.4) is 0 Å². The first-order chi connectivity index (χ1) is 16.7. The van der Waals surface area contributed by atoms with Crippen LogP contribution in [0, 0.1) is 0 Å². The number of guanidine groups is 1. The van der Waals surface area contributed by atoms with Crippen LogP contribution in [0.2, 0.25) is 0 Å². The Kier molecular flexibility index (Phi) is 7.85. The number of carboxylic acid groups (broad SMARTS) is 1. The number of carbonyl (C=O) groups is 2. The third-order valence-corrected chi connectivity index (χ3v) is 5.27. The molecule has 1 aliphatic rings. The first kappa shape index (κ1) is 25.4. The van der Waals surface area contributed by atoms with Gasteiger partial charge in [-0.05, 0) is 36.1 Å². The summed E-state index contributed by atoms with van der Waals surface area (Å²) >= 11 is 0. The maximum Gasteiger partial charge on any atom is 0.490 e. The van der Waals surface area contributed by atoms with Crippen molar-refractivity contribution in [1.29, 1.82) is 0 Å². The van der Waals surface area contributed by atoms with Crippen LogP contribution < -0.4 is 5.73 Å². The minimum absolute atomic E-state index is 0.150. The summed E-state index contributed by atoms with van der Waals surface area (Å²) in [6.45, 7) is 0.518. The summed E-state index contributed by atoms with van der Waals surface area (Å²) in [4.78, 5) is 33.2. The number of amides is 1. The molecule has 0 radical (unpaired) electrons. The van der Waals surface area contributed by atoms with Crippen LogP contribution in [0.15, 0.2) is 90.1 Å². The van der Waals surface area contributed by atoms with Gasteiger partial charge < -0.3 is 10.8 Å². The van der Waals surface area contributed by atoms with E-state index in [4.69, 9.17) is 15.6 Å². The number of hydrogen-bond donors (Lipinski definition) is 2. The third kappa shape index (κ3) is 5.84. The molecule has 1 amide bonds. The molecule has 2 heterocycles. The van der Waals surface area contributed by atoms with E-state index in [9.17, 15) is 18.0 Å². The van der Waals surface area contributed by atoms with Crippen LogP contribution in [0.5, 0.6) is 0 Å². The van der Waals surface area contributed by atoms with Gasteiger partial charge in [-0.25, -0.2) is 9.79 Å². The highest BCUT2D eigenvalue weighted by Gasteiger charge is 2.51. The molecule has 1 unspecified atom stereocenters. The summed E-state index contributed by atoms with van der Waals surface area (Å²) in [5.74, 6) is -2.66. The van der Waals surface area contributed by atoms with Crippen molar-refractivity contribution < 1.29 is 27.9 Å². The van der Waals surface area contributed by atoms with Crippen LogP contribution in [0.1, 0.15) is 23.2 Å². The summed E-state index contributed by atoms with van der Waals surface area (Å²) in [5.41, 5.74) is 7.60. The largest absolute Gasteiger partial charge is 0.490 e. The Morgan fingerprint density at radius 3 is 2.09 bits per heavy atom. The average Bonchev–Trinajstić information content (AvgIpc) is 3.11. The Labute approximate surface area is 199 Å². The number of aryl methyl sites for hydroxylation is 1. The number of carboxylic acids is 1. The predicted octanol–water partition coefficient (Wildman–Crippen LogP) is 3.75. The van der Waals surface area contributed by atoms with Crippen molar-refractivity contribution >= 4 is 17.8 Å². The molecular formula is C25H23F3N4O3. The number of nitrogens with zero attached hydrogens (tertiary/aromatic N) is 3. The van der Waals surface area contributed by atoms with E-state index in [0.29, 0.717) is 12.2 Å². The molecule has 182 valence electrons. The number of nitrogens with two attached hydrogens (primary N) is 1. The lowest BCUT2D eigenvalue weighted by molar-refractivity contribution is -0.192. The van der Waals surface area contributed by atoms with E-state index in [1.165, 1.54) is 5.56 Å². The Hall–Kier alpha value is -4.21. The standard InChI is InChI=1S/C23H22N4O.C2HF3O2/c24-22-26-23(19-13-5-2-6-14-19,20-15-7-8-16-25-20)21(28)27(22)17-9-12-18-10-3-1-4-11-18;3-2(4,5)1(6)7/h1-8,10-11,13-16H,9,12,17H2,(H2,24,26);(H,6,7). The molecule has 1 aliphatic heterocycles. The van der Waals surface area contributed by atoms with Crippen LogP contribution in [0.4, 0.5) is 13.2 Å². The predicted molar refractivity (Wildman–Crippen MR) is 123 cm³/mol. The highest BCUT2D eigenvalue weighted by Crippen LogP contribution is 2.38. The van der Waals surface area contributed by atoms with Gasteiger partial charge in [0.1, 0.15) is 0 Å². The summed E-state index contributed by atoms with van der Waals surface area (Å²) in [5, 5.41) is 7.12. The monoisotopic (exact) mass is 484 g/mol. The Morgan fingerprint density at radius 2 is 1.54 bits per heavy atom. The molecule has 7 nitrogen and oxygen atoms in total.